The highest BCUT2D eigenvalue weighted by molar-refractivity contribution is 6.43. The van der Waals surface area contributed by atoms with E-state index >= 15 is 0 Å². The smallest absolute Gasteiger partial charge is 0.426 e. The van der Waals surface area contributed by atoms with Crippen LogP contribution in [-0.2, 0) is 4.79 Å². The number of rotatable bonds is 2. The number of nitrogens with one attached hydrogen (secondary N) is 1. The normalized spacial score (nSPS) is 30.5. The number of likely N-dealkylation sites (tertiary alicyclic amines) is 1. The lowest BCUT2D eigenvalue weighted by molar-refractivity contribution is -0.134. The summed E-state index contributed by atoms with van der Waals surface area (Å²) >= 11 is 0. The van der Waals surface area contributed by atoms with Crippen molar-refractivity contribution in [2.75, 3.05) is 13.1 Å². The SMILES string of the molecule is O=C([C@H]1CCCCN1)N1CCC[C@H]1B(O)O. The van der Waals surface area contributed by atoms with Crippen LogP contribution < -0.4 is 5.32 Å². The standard InChI is InChI=1S/C10H19BN2O3/c14-10(8-4-1-2-6-12-8)13-7-3-5-9(13)11(15)16/h8-9,12,15-16H,1-7H2/t8-,9+/m1/s1. The van der Waals surface area contributed by atoms with Crippen molar-refractivity contribution in [3.05, 3.63) is 0 Å². The van der Waals surface area contributed by atoms with Gasteiger partial charge in [0.2, 0.25) is 5.91 Å². The molecule has 2 heterocycles. The number of hydrogen-bond acceptors (Lipinski definition) is 4. The molecule has 0 radical (unpaired) electrons. The first-order valence-corrected chi connectivity index (χ1v) is 6.10. The van der Waals surface area contributed by atoms with Crippen molar-refractivity contribution in [2.24, 2.45) is 0 Å². The molecule has 0 bridgehead atoms. The Labute approximate surface area is 96.0 Å². The molecule has 2 fully saturated rings. The van der Waals surface area contributed by atoms with E-state index in [0.29, 0.717) is 13.0 Å². The molecular weight excluding hydrogens is 207 g/mol. The van der Waals surface area contributed by atoms with Gasteiger partial charge in [0, 0.05) is 6.54 Å². The summed E-state index contributed by atoms with van der Waals surface area (Å²) < 4.78 is 0. The van der Waals surface area contributed by atoms with Gasteiger partial charge in [0.25, 0.3) is 0 Å². The largest absolute Gasteiger partial charge is 0.475 e. The Morgan fingerprint density at radius 3 is 2.69 bits per heavy atom. The first kappa shape index (κ1) is 11.9. The van der Waals surface area contributed by atoms with Crippen LogP contribution in [0.25, 0.3) is 0 Å². The molecule has 0 unspecified atom stereocenters. The van der Waals surface area contributed by atoms with E-state index in [9.17, 15) is 14.8 Å². The second kappa shape index (κ2) is 5.16. The molecule has 0 aliphatic carbocycles. The van der Waals surface area contributed by atoms with Crippen LogP contribution in [0, 0.1) is 0 Å². The predicted octanol–water partition coefficient (Wildman–Crippen LogP) is -0.868. The maximum Gasteiger partial charge on any atom is 0.475 e. The number of piperidine rings is 1. The fourth-order valence-electron chi connectivity index (χ4n) is 2.64. The Bertz CT molecular complexity index is 256. The molecule has 2 rings (SSSR count). The van der Waals surface area contributed by atoms with Crippen molar-refractivity contribution in [2.45, 2.75) is 44.1 Å². The topological polar surface area (TPSA) is 72.8 Å². The minimum absolute atomic E-state index is 0.0373. The molecule has 0 aromatic rings. The third kappa shape index (κ3) is 2.39. The molecule has 0 aromatic carbocycles. The van der Waals surface area contributed by atoms with Gasteiger partial charge in [-0.15, -0.1) is 0 Å². The first-order chi connectivity index (χ1) is 7.70. The monoisotopic (exact) mass is 226 g/mol. The second-order valence-corrected chi connectivity index (χ2v) is 4.66. The van der Waals surface area contributed by atoms with E-state index in [-0.39, 0.29) is 11.9 Å². The maximum absolute atomic E-state index is 12.2. The zero-order chi connectivity index (χ0) is 11.5. The summed E-state index contributed by atoms with van der Waals surface area (Å²) in [5, 5.41) is 21.6. The van der Waals surface area contributed by atoms with Crippen molar-refractivity contribution in [3.8, 4) is 0 Å². The number of carbonyl (C=O) groups excluding carboxylic acids is 1. The minimum atomic E-state index is -1.41. The highest BCUT2D eigenvalue weighted by Gasteiger charge is 2.39. The van der Waals surface area contributed by atoms with Gasteiger partial charge in [-0.2, -0.15) is 0 Å². The summed E-state index contributed by atoms with van der Waals surface area (Å²) in [6.45, 7) is 1.54. The summed E-state index contributed by atoms with van der Waals surface area (Å²) in [6.07, 6.45) is 4.61. The van der Waals surface area contributed by atoms with Crippen LogP contribution in [-0.4, -0.2) is 53.0 Å². The Kier molecular flexibility index (Phi) is 3.84. The Morgan fingerprint density at radius 1 is 1.25 bits per heavy atom. The highest BCUT2D eigenvalue weighted by atomic mass is 16.4. The molecule has 0 aromatic heterocycles. The quantitative estimate of drug-likeness (QED) is 0.535. The van der Waals surface area contributed by atoms with Gasteiger partial charge >= 0.3 is 7.12 Å². The highest BCUT2D eigenvalue weighted by Crippen LogP contribution is 2.21. The zero-order valence-corrected chi connectivity index (χ0v) is 9.43. The van der Waals surface area contributed by atoms with Gasteiger partial charge < -0.3 is 20.3 Å². The van der Waals surface area contributed by atoms with E-state index in [1.54, 1.807) is 4.90 Å². The van der Waals surface area contributed by atoms with E-state index in [1.165, 1.54) is 0 Å². The summed E-state index contributed by atoms with van der Waals surface area (Å²) in [5.74, 6) is -0.369. The van der Waals surface area contributed by atoms with Crippen LogP contribution in [0.4, 0.5) is 0 Å². The summed E-state index contributed by atoms with van der Waals surface area (Å²) in [4.78, 5) is 13.8. The van der Waals surface area contributed by atoms with Crippen LogP contribution in [0.15, 0.2) is 0 Å². The van der Waals surface area contributed by atoms with Crippen molar-refractivity contribution in [1.29, 1.82) is 0 Å². The van der Waals surface area contributed by atoms with Gasteiger partial charge in [-0.3, -0.25) is 4.79 Å². The molecule has 0 saturated carbocycles. The number of amides is 1. The fourth-order valence-corrected chi connectivity index (χ4v) is 2.64. The van der Waals surface area contributed by atoms with Gasteiger partial charge in [0.1, 0.15) is 0 Å². The van der Waals surface area contributed by atoms with Gasteiger partial charge in [0.05, 0.1) is 12.0 Å². The molecule has 5 nitrogen and oxygen atoms in total. The molecule has 0 spiro atoms. The lowest BCUT2D eigenvalue weighted by Crippen LogP contribution is -2.53. The summed E-state index contributed by atoms with van der Waals surface area (Å²) in [5.41, 5.74) is 0. The van der Waals surface area contributed by atoms with Crippen LogP contribution in [0.1, 0.15) is 32.1 Å². The Balaban J connectivity index is 1.97. The average molecular weight is 226 g/mol. The first-order valence-electron chi connectivity index (χ1n) is 6.10. The van der Waals surface area contributed by atoms with E-state index in [0.717, 1.165) is 32.2 Å². The fraction of sp³-hybridized carbons (Fsp3) is 0.900. The second-order valence-electron chi connectivity index (χ2n) is 4.66. The molecule has 90 valence electrons. The van der Waals surface area contributed by atoms with Crippen LogP contribution in [0.2, 0.25) is 0 Å². The average Bonchev–Trinajstić information content (AvgIpc) is 2.78. The third-order valence-corrected chi connectivity index (χ3v) is 3.53. The molecule has 3 N–H and O–H groups in total. The molecule has 2 atom stereocenters. The molecular formula is C10H19BN2O3. The van der Waals surface area contributed by atoms with Gasteiger partial charge in [-0.05, 0) is 32.2 Å². The van der Waals surface area contributed by atoms with E-state index in [2.05, 4.69) is 5.32 Å². The van der Waals surface area contributed by atoms with Crippen molar-refractivity contribution in [1.82, 2.24) is 10.2 Å². The maximum atomic E-state index is 12.2. The van der Waals surface area contributed by atoms with E-state index < -0.39 is 13.1 Å². The van der Waals surface area contributed by atoms with Gasteiger partial charge in [-0.1, -0.05) is 6.42 Å². The molecule has 2 aliphatic heterocycles. The lowest BCUT2D eigenvalue weighted by atomic mass is 9.77. The Hall–Kier alpha value is -0.585. The molecule has 16 heavy (non-hydrogen) atoms. The van der Waals surface area contributed by atoms with Crippen LogP contribution in [0.3, 0.4) is 0 Å². The van der Waals surface area contributed by atoms with Crippen molar-refractivity contribution < 1.29 is 14.8 Å². The van der Waals surface area contributed by atoms with Crippen LogP contribution in [0.5, 0.6) is 0 Å². The Morgan fingerprint density at radius 2 is 2.06 bits per heavy atom. The number of carbonyl (C=O) groups is 1. The van der Waals surface area contributed by atoms with E-state index in [4.69, 9.17) is 0 Å². The molecule has 6 heteroatoms. The molecule has 1 amide bonds. The van der Waals surface area contributed by atoms with E-state index in [1.807, 2.05) is 0 Å². The van der Waals surface area contributed by atoms with Gasteiger partial charge in [0.15, 0.2) is 0 Å². The van der Waals surface area contributed by atoms with Crippen molar-refractivity contribution >= 4 is 13.0 Å². The zero-order valence-electron chi connectivity index (χ0n) is 9.43. The van der Waals surface area contributed by atoms with Crippen molar-refractivity contribution in [3.63, 3.8) is 0 Å². The lowest BCUT2D eigenvalue weighted by Gasteiger charge is -2.30. The van der Waals surface area contributed by atoms with Crippen LogP contribution >= 0.6 is 0 Å². The summed E-state index contributed by atoms with van der Waals surface area (Å²) in [7, 11) is -1.41. The minimum Gasteiger partial charge on any atom is -0.426 e. The van der Waals surface area contributed by atoms with Gasteiger partial charge in [-0.25, -0.2) is 0 Å². The number of nitrogens with zero attached hydrogens (tertiary/aromatic N) is 1. The summed E-state index contributed by atoms with van der Waals surface area (Å²) in [6, 6.07) is -0.118. The molecule has 2 aliphatic rings. The number of hydrogen-bond donors (Lipinski definition) is 3. The predicted molar refractivity (Wildman–Crippen MR) is 60.6 cm³/mol. The third-order valence-electron chi connectivity index (χ3n) is 3.53. The molecule has 2 saturated heterocycles.